The number of ketones is 1. The minimum absolute atomic E-state index is 0.0615. The maximum absolute atomic E-state index is 14.1. The second kappa shape index (κ2) is 12.8. The van der Waals surface area contributed by atoms with Gasteiger partial charge in [-0.25, -0.2) is 0 Å². The lowest BCUT2D eigenvalue weighted by atomic mass is 9.82. The van der Waals surface area contributed by atoms with Gasteiger partial charge in [0.2, 0.25) is 0 Å². The van der Waals surface area contributed by atoms with E-state index in [2.05, 4.69) is 97.6 Å². The topological polar surface area (TPSA) is 20.3 Å². The van der Waals surface area contributed by atoms with Gasteiger partial charge in [0.05, 0.1) is 0 Å². The standard InChI is InChI=1S/C36H39NOS/c1-26-11-15-29(16-12-26)34-32(19-20-33(39)35(34)30-17-13-27(2)14-18-30)36(38)31-21-24-37(25-22-31)23-7-6-10-28-8-4-3-5-9-28/h3-5,8-9,11-20,31,39H,6-7,10,21-25H2,1-2H3. The number of hydrogen-bond acceptors (Lipinski definition) is 3. The summed E-state index contributed by atoms with van der Waals surface area (Å²) in [6, 6.07) is 31.9. The van der Waals surface area contributed by atoms with Crippen LogP contribution in [0.5, 0.6) is 0 Å². The Hall–Kier alpha value is -3.14. The van der Waals surface area contributed by atoms with E-state index in [0.29, 0.717) is 0 Å². The van der Waals surface area contributed by atoms with Crippen molar-refractivity contribution < 1.29 is 4.79 Å². The average molecular weight is 534 g/mol. The van der Waals surface area contributed by atoms with Crippen molar-refractivity contribution in [2.24, 2.45) is 5.92 Å². The van der Waals surface area contributed by atoms with E-state index >= 15 is 0 Å². The molecule has 1 aliphatic heterocycles. The van der Waals surface area contributed by atoms with Gasteiger partial charge in [-0.1, -0.05) is 90.0 Å². The van der Waals surface area contributed by atoms with Crippen LogP contribution in [-0.4, -0.2) is 30.3 Å². The number of thiol groups is 1. The SMILES string of the molecule is Cc1ccc(-c2c(S)ccc(C(=O)C3CCN(CCCCc4ccccc4)CC3)c2-c2ccc(C)cc2)cc1. The zero-order chi connectivity index (χ0) is 27.2. The average Bonchev–Trinajstić information content (AvgIpc) is 2.97. The Bertz CT molecular complexity index is 1380. The van der Waals surface area contributed by atoms with E-state index in [1.54, 1.807) is 0 Å². The molecule has 0 unspecified atom stereocenters. The van der Waals surface area contributed by atoms with Crippen LogP contribution in [0.15, 0.2) is 95.9 Å². The maximum atomic E-state index is 14.1. The first-order valence-electron chi connectivity index (χ1n) is 14.3. The first-order valence-corrected chi connectivity index (χ1v) is 14.7. The highest BCUT2D eigenvalue weighted by molar-refractivity contribution is 7.80. The molecule has 0 spiro atoms. The summed E-state index contributed by atoms with van der Waals surface area (Å²) >= 11 is 4.88. The van der Waals surface area contributed by atoms with Crippen molar-refractivity contribution in [2.45, 2.75) is 50.8 Å². The first-order chi connectivity index (χ1) is 19.0. The largest absolute Gasteiger partial charge is 0.303 e. The van der Waals surface area contributed by atoms with Gasteiger partial charge in [0.1, 0.15) is 0 Å². The summed E-state index contributed by atoms with van der Waals surface area (Å²) in [7, 11) is 0. The summed E-state index contributed by atoms with van der Waals surface area (Å²) in [5.74, 6) is 0.336. The molecule has 200 valence electrons. The fraction of sp³-hybridized carbons (Fsp3) is 0.306. The molecular formula is C36H39NOS. The third-order valence-corrected chi connectivity index (χ3v) is 8.49. The third-order valence-electron chi connectivity index (χ3n) is 8.12. The van der Waals surface area contributed by atoms with E-state index in [0.717, 1.165) is 71.6 Å². The lowest BCUT2D eigenvalue weighted by molar-refractivity contribution is 0.0839. The van der Waals surface area contributed by atoms with Crippen LogP contribution >= 0.6 is 12.6 Å². The Morgan fingerprint density at radius 3 is 1.95 bits per heavy atom. The van der Waals surface area contributed by atoms with Crippen molar-refractivity contribution in [3.63, 3.8) is 0 Å². The molecule has 0 radical (unpaired) electrons. The second-order valence-electron chi connectivity index (χ2n) is 11.0. The zero-order valence-electron chi connectivity index (χ0n) is 23.2. The summed E-state index contributed by atoms with van der Waals surface area (Å²) in [5, 5.41) is 0. The summed E-state index contributed by atoms with van der Waals surface area (Å²) in [5.41, 5.74) is 8.91. The molecule has 0 amide bonds. The van der Waals surface area contributed by atoms with E-state index in [1.807, 2.05) is 12.1 Å². The van der Waals surface area contributed by atoms with E-state index in [9.17, 15) is 4.79 Å². The number of carbonyl (C=O) groups excluding carboxylic acids is 1. The minimum atomic E-state index is 0.0615. The fourth-order valence-corrected chi connectivity index (χ4v) is 6.09. The number of likely N-dealkylation sites (tertiary alicyclic amines) is 1. The van der Waals surface area contributed by atoms with Gasteiger partial charge in [-0.05, 0) is 94.4 Å². The molecular weight excluding hydrogens is 494 g/mol. The van der Waals surface area contributed by atoms with Crippen molar-refractivity contribution in [2.75, 3.05) is 19.6 Å². The Kier molecular flexibility index (Phi) is 9.01. The molecule has 1 saturated heterocycles. The number of unbranched alkanes of at least 4 members (excludes halogenated alkanes) is 1. The predicted molar refractivity (Wildman–Crippen MR) is 167 cm³/mol. The normalized spacial score (nSPS) is 14.4. The van der Waals surface area contributed by atoms with Crippen molar-refractivity contribution in [1.29, 1.82) is 0 Å². The van der Waals surface area contributed by atoms with Gasteiger partial charge in [0, 0.05) is 27.5 Å². The number of aryl methyl sites for hydroxylation is 3. The molecule has 4 aromatic carbocycles. The summed E-state index contributed by atoms with van der Waals surface area (Å²) in [4.78, 5) is 17.5. The number of benzene rings is 4. The molecule has 0 N–H and O–H groups in total. The molecule has 4 aromatic rings. The molecule has 3 heteroatoms. The number of carbonyl (C=O) groups is 1. The van der Waals surface area contributed by atoms with Crippen LogP contribution in [0.3, 0.4) is 0 Å². The summed E-state index contributed by atoms with van der Waals surface area (Å²) in [6.07, 6.45) is 5.40. The number of rotatable bonds is 9. The van der Waals surface area contributed by atoms with Gasteiger partial charge in [0.25, 0.3) is 0 Å². The van der Waals surface area contributed by atoms with Crippen molar-refractivity contribution in [1.82, 2.24) is 4.90 Å². The molecule has 0 atom stereocenters. The molecule has 1 heterocycles. The molecule has 0 aromatic heterocycles. The summed E-state index contributed by atoms with van der Waals surface area (Å²) in [6.45, 7) is 7.31. The van der Waals surface area contributed by atoms with E-state index in [4.69, 9.17) is 12.6 Å². The zero-order valence-corrected chi connectivity index (χ0v) is 24.1. The quantitative estimate of drug-likeness (QED) is 0.132. The van der Waals surface area contributed by atoms with Crippen LogP contribution in [0.1, 0.15) is 52.7 Å². The Labute approximate surface area is 239 Å². The number of Topliss-reactive ketones (excluding diaryl/α,β-unsaturated/α-hetero) is 1. The monoisotopic (exact) mass is 533 g/mol. The molecule has 0 saturated carbocycles. The predicted octanol–water partition coefficient (Wildman–Crippen LogP) is 8.84. The van der Waals surface area contributed by atoms with Gasteiger partial charge in [0.15, 0.2) is 5.78 Å². The van der Waals surface area contributed by atoms with E-state index in [-0.39, 0.29) is 11.7 Å². The Balaban J connectivity index is 1.32. The van der Waals surface area contributed by atoms with Crippen LogP contribution in [-0.2, 0) is 6.42 Å². The highest BCUT2D eigenvalue weighted by Crippen LogP contribution is 2.41. The highest BCUT2D eigenvalue weighted by atomic mass is 32.1. The summed E-state index contributed by atoms with van der Waals surface area (Å²) < 4.78 is 0. The fourth-order valence-electron chi connectivity index (χ4n) is 5.78. The number of piperidine rings is 1. The van der Waals surface area contributed by atoms with Gasteiger partial charge in [-0.3, -0.25) is 4.79 Å². The lowest BCUT2D eigenvalue weighted by Crippen LogP contribution is -2.37. The van der Waals surface area contributed by atoms with Crippen LogP contribution in [0, 0.1) is 19.8 Å². The first kappa shape index (κ1) is 27.4. The van der Waals surface area contributed by atoms with Gasteiger partial charge < -0.3 is 4.90 Å². The van der Waals surface area contributed by atoms with Crippen LogP contribution in [0.4, 0.5) is 0 Å². The molecule has 1 fully saturated rings. The molecule has 5 rings (SSSR count). The lowest BCUT2D eigenvalue weighted by Gasteiger charge is -2.32. The molecule has 1 aliphatic rings. The second-order valence-corrected chi connectivity index (χ2v) is 11.5. The van der Waals surface area contributed by atoms with Crippen LogP contribution in [0.2, 0.25) is 0 Å². The Morgan fingerprint density at radius 2 is 1.33 bits per heavy atom. The van der Waals surface area contributed by atoms with Crippen LogP contribution < -0.4 is 0 Å². The van der Waals surface area contributed by atoms with Gasteiger partial charge >= 0.3 is 0 Å². The minimum Gasteiger partial charge on any atom is -0.303 e. The number of hydrogen-bond donors (Lipinski definition) is 1. The van der Waals surface area contributed by atoms with Gasteiger partial charge in [-0.2, -0.15) is 0 Å². The third kappa shape index (κ3) is 6.72. The van der Waals surface area contributed by atoms with Gasteiger partial charge in [-0.15, -0.1) is 12.6 Å². The molecule has 2 nitrogen and oxygen atoms in total. The molecule has 0 aliphatic carbocycles. The van der Waals surface area contributed by atoms with E-state index < -0.39 is 0 Å². The Morgan fingerprint density at radius 1 is 0.744 bits per heavy atom. The van der Waals surface area contributed by atoms with Crippen molar-refractivity contribution >= 4 is 18.4 Å². The highest BCUT2D eigenvalue weighted by Gasteiger charge is 2.29. The smallest absolute Gasteiger partial charge is 0.166 e. The van der Waals surface area contributed by atoms with Crippen LogP contribution in [0.25, 0.3) is 22.3 Å². The molecule has 39 heavy (non-hydrogen) atoms. The maximum Gasteiger partial charge on any atom is 0.166 e. The number of nitrogens with zero attached hydrogens (tertiary/aromatic N) is 1. The molecule has 0 bridgehead atoms. The van der Waals surface area contributed by atoms with Crippen molar-refractivity contribution in [3.05, 3.63) is 113 Å². The van der Waals surface area contributed by atoms with Crippen molar-refractivity contribution in [3.8, 4) is 22.3 Å². The van der Waals surface area contributed by atoms with E-state index in [1.165, 1.54) is 29.5 Å².